The zero-order chi connectivity index (χ0) is 5.98. The fraction of sp³-hybridized carbons (Fsp3) is 0.857. The minimum atomic E-state index is 0.714. The minimum absolute atomic E-state index is 0.714. The topological polar surface area (TPSA) is 12.0 Å². The fourth-order valence-electron chi connectivity index (χ4n) is 0.990. The summed E-state index contributed by atoms with van der Waals surface area (Å²) in [5.41, 5.74) is 0. The van der Waals surface area contributed by atoms with Crippen molar-refractivity contribution >= 4 is 0 Å². The normalized spacial score (nSPS) is 39.8. The second-order valence-electron chi connectivity index (χ2n) is 2.76. The second kappa shape index (κ2) is 2.49. The number of piperidine rings is 1. The SMILES string of the molecule is CC1[CH]CC(C)NC1. The van der Waals surface area contributed by atoms with Gasteiger partial charge in [-0.1, -0.05) is 6.92 Å². The molecule has 1 N–H and O–H groups in total. The van der Waals surface area contributed by atoms with Crippen LogP contribution in [0.4, 0.5) is 0 Å². The van der Waals surface area contributed by atoms with Gasteiger partial charge in [-0.05, 0) is 32.2 Å². The van der Waals surface area contributed by atoms with Crippen LogP contribution in [0.5, 0.6) is 0 Å². The zero-order valence-electron chi connectivity index (χ0n) is 5.65. The first-order valence-electron chi connectivity index (χ1n) is 3.36. The summed E-state index contributed by atoms with van der Waals surface area (Å²) in [7, 11) is 0. The molecule has 0 aliphatic carbocycles. The van der Waals surface area contributed by atoms with E-state index in [-0.39, 0.29) is 0 Å². The Balaban J connectivity index is 2.19. The van der Waals surface area contributed by atoms with E-state index < -0.39 is 0 Å². The maximum absolute atomic E-state index is 3.40. The largest absolute Gasteiger partial charge is 0.314 e. The van der Waals surface area contributed by atoms with Gasteiger partial charge in [-0.15, -0.1) is 0 Å². The van der Waals surface area contributed by atoms with Crippen molar-refractivity contribution in [3.63, 3.8) is 0 Å². The predicted molar refractivity (Wildman–Crippen MR) is 35.5 cm³/mol. The third-order valence-electron chi connectivity index (χ3n) is 1.68. The van der Waals surface area contributed by atoms with Gasteiger partial charge in [0.2, 0.25) is 0 Å². The molecule has 1 radical (unpaired) electrons. The average molecular weight is 112 g/mol. The van der Waals surface area contributed by atoms with Crippen molar-refractivity contribution in [2.45, 2.75) is 26.3 Å². The van der Waals surface area contributed by atoms with Gasteiger partial charge in [0.15, 0.2) is 0 Å². The first-order valence-corrected chi connectivity index (χ1v) is 3.36. The van der Waals surface area contributed by atoms with E-state index in [1.807, 2.05) is 0 Å². The summed E-state index contributed by atoms with van der Waals surface area (Å²) >= 11 is 0. The molecule has 0 amide bonds. The molecule has 1 nitrogen and oxygen atoms in total. The van der Waals surface area contributed by atoms with Crippen LogP contribution in [-0.4, -0.2) is 12.6 Å². The number of hydrogen-bond acceptors (Lipinski definition) is 1. The third kappa shape index (κ3) is 1.48. The highest BCUT2D eigenvalue weighted by molar-refractivity contribution is 4.84. The van der Waals surface area contributed by atoms with Crippen molar-refractivity contribution < 1.29 is 0 Å². The van der Waals surface area contributed by atoms with Crippen LogP contribution in [0, 0.1) is 12.3 Å². The standard InChI is InChI=1S/C7H14N/c1-6-3-4-7(2)8-5-6/h3,6-8H,4-5H2,1-2H3. The lowest BCUT2D eigenvalue weighted by molar-refractivity contribution is 0.417. The van der Waals surface area contributed by atoms with Crippen LogP contribution in [0.1, 0.15) is 20.3 Å². The number of rotatable bonds is 0. The van der Waals surface area contributed by atoms with Crippen molar-refractivity contribution in [2.75, 3.05) is 6.54 Å². The van der Waals surface area contributed by atoms with E-state index in [0.29, 0.717) is 6.04 Å². The Morgan fingerprint density at radius 2 is 2.25 bits per heavy atom. The zero-order valence-corrected chi connectivity index (χ0v) is 5.65. The van der Waals surface area contributed by atoms with Gasteiger partial charge in [0.1, 0.15) is 0 Å². The van der Waals surface area contributed by atoms with Crippen molar-refractivity contribution in [2.24, 2.45) is 5.92 Å². The first-order chi connectivity index (χ1) is 3.79. The van der Waals surface area contributed by atoms with Gasteiger partial charge in [-0.2, -0.15) is 0 Å². The molecule has 1 aliphatic rings. The Bertz CT molecular complexity index is 52.8. The van der Waals surface area contributed by atoms with E-state index in [9.17, 15) is 0 Å². The van der Waals surface area contributed by atoms with Crippen LogP contribution in [0.25, 0.3) is 0 Å². The summed E-state index contributed by atoms with van der Waals surface area (Å²) < 4.78 is 0. The van der Waals surface area contributed by atoms with Gasteiger partial charge in [-0.25, -0.2) is 0 Å². The number of hydrogen-bond donors (Lipinski definition) is 1. The Hall–Kier alpha value is -0.0400. The van der Waals surface area contributed by atoms with Crippen molar-refractivity contribution in [1.82, 2.24) is 5.32 Å². The Morgan fingerprint density at radius 1 is 1.50 bits per heavy atom. The van der Waals surface area contributed by atoms with Gasteiger partial charge in [0, 0.05) is 6.04 Å². The second-order valence-corrected chi connectivity index (χ2v) is 2.76. The van der Waals surface area contributed by atoms with Gasteiger partial charge < -0.3 is 5.32 Å². The fourth-order valence-corrected chi connectivity index (χ4v) is 0.990. The molecular weight excluding hydrogens is 98.1 g/mol. The maximum Gasteiger partial charge on any atom is 0.00416 e. The van der Waals surface area contributed by atoms with Crippen LogP contribution < -0.4 is 5.32 Å². The first kappa shape index (κ1) is 6.09. The Kier molecular flexibility index (Phi) is 1.90. The summed E-state index contributed by atoms with van der Waals surface area (Å²) in [4.78, 5) is 0. The highest BCUT2D eigenvalue weighted by Gasteiger charge is 2.12. The van der Waals surface area contributed by atoms with Crippen LogP contribution in [0.2, 0.25) is 0 Å². The van der Waals surface area contributed by atoms with Gasteiger partial charge in [0.05, 0.1) is 0 Å². The summed E-state index contributed by atoms with van der Waals surface area (Å²) in [5.74, 6) is 0.784. The molecule has 0 aromatic carbocycles. The highest BCUT2D eigenvalue weighted by Crippen LogP contribution is 2.10. The van der Waals surface area contributed by atoms with Crippen LogP contribution in [0.15, 0.2) is 0 Å². The molecular formula is C7H14N. The average Bonchev–Trinajstić information content (AvgIpc) is 1.77. The molecule has 0 aromatic heterocycles. The van der Waals surface area contributed by atoms with Crippen LogP contribution in [0.3, 0.4) is 0 Å². The smallest absolute Gasteiger partial charge is 0.00416 e. The Morgan fingerprint density at radius 3 is 2.62 bits per heavy atom. The van der Waals surface area contributed by atoms with E-state index in [0.717, 1.165) is 5.92 Å². The molecule has 1 rings (SSSR count). The monoisotopic (exact) mass is 112 g/mol. The van der Waals surface area contributed by atoms with E-state index in [1.165, 1.54) is 13.0 Å². The third-order valence-corrected chi connectivity index (χ3v) is 1.68. The van der Waals surface area contributed by atoms with E-state index in [2.05, 4.69) is 25.6 Å². The molecule has 1 heterocycles. The molecule has 1 saturated heterocycles. The minimum Gasteiger partial charge on any atom is -0.314 e. The molecule has 2 atom stereocenters. The van der Waals surface area contributed by atoms with Crippen LogP contribution in [-0.2, 0) is 0 Å². The molecule has 0 aromatic rings. The molecule has 1 heteroatoms. The number of nitrogens with one attached hydrogen (secondary N) is 1. The van der Waals surface area contributed by atoms with E-state index in [4.69, 9.17) is 0 Å². The van der Waals surface area contributed by atoms with Crippen molar-refractivity contribution in [1.29, 1.82) is 0 Å². The molecule has 1 aliphatic heterocycles. The quantitative estimate of drug-likeness (QED) is 0.496. The summed E-state index contributed by atoms with van der Waals surface area (Å²) in [6.07, 6.45) is 3.63. The summed E-state index contributed by atoms with van der Waals surface area (Å²) in [6.45, 7) is 5.64. The van der Waals surface area contributed by atoms with E-state index >= 15 is 0 Å². The molecule has 47 valence electrons. The summed E-state index contributed by atoms with van der Waals surface area (Å²) in [5, 5.41) is 3.40. The van der Waals surface area contributed by atoms with Gasteiger partial charge in [-0.3, -0.25) is 0 Å². The van der Waals surface area contributed by atoms with Gasteiger partial charge in [0.25, 0.3) is 0 Å². The van der Waals surface area contributed by atoms with Crippen molar-refractivity contribution in [3.8, 4) is 0 Å². The summed E-state index contributed by atoms with van der Waals surface area (Å²) in [6, 6.07) is 0.714. The molecule has 0 saturated carbocycles. The van der Waals surface area contributed by atoms with E-state index in [1.54, 1.807) is 0 Å². The van der Waals surface area contributed by atoms with Gasteiger partial charge >= 0.3 is 0 Å². The maximum atomic E-state index is 3.40. The molecule has 0 spiro atoms. The molecule has 1 fully saturated rings. The lowest BCUT2D eigenvalue weighted by Gasteiger charge is -2.24. The van der Waals surface area contributed by atoms with Crippen molar-refractivity contribution in [3.05, 3.63) is 6.42 Å². The lowest BCUT2D eigenvalue weighted by Crippen LogP contribution is -2.35. The van der Waals surface area contributed by atoms with Crippen LogP contribution >= 0.6 is 0 Å². The molecule has 0 bridgehead atoms. The predicted octanol–water partition coefficient (Wildman–Crippen LogP) is 1.21. The lowest BCUT2D eigenvalue weighted by atomic mass is 9.98. The Labute approximate surface area is 51.5 Å². The molecule has 8 heavy (non-hydrogen) atoms. The highest BCUT2D eigenvalue weighted by atomic mass is 14.9. The molecule has 2 unspecified atom stereocenters.